The first-order chi connectivity index (χ1) is 18.3. The minimum atomic E-state index is -0.937. The normalized spacial score (nSPS) is 29.6. The van der Waals surface area contributed by atoms with Crippen molar-refractivity contribution in [1.82, 2.24) is 20.9 Å². The number of rotatable bonds is 5. The lowest BCUT2D eigenvalue weighted by molar-refractivity contribution is -0.144. The van der Waals surface area contributed by atoms with Crippen LogP contribution in [0.15, 0.2) is 0 Å². The average molecular weight is 549 g/mol. The summed E-state index contributed by atoms with van der Waals surface area (Å²) >= 11 is 0. The average Bonchev–Trinajstić information content (AvgIpc) is 3.16. The van der Waals surface area contributed by atoms with Gasteiger partial charge in [-0.25, -0.2) is 4.79 Å². The monoisotopic (exact) mass is 548 g/mol. The highest BCUT2D eigenvalue weighted by atomic mass is 16.6. The third kappa shape index (κ3) is 7.72. The number of fused-ring (bicyclic) bond motifs is 3. The molecule has 2 heterocycles. The predicted molar refractivity (Wildman–Crippen MR) is 147 cm³/mol. The minimum Gasteiger partial charge on any atom is -0.444 e. The van der Waals surface area contributed by atoms with Gasteiger partial charge in [-0.3, -0.25) is 19.2 Å². The predicted octanol–water partition coefficient (Wildman–Crippen LogP) is 3.08. The zero-order valence-corrected chi connectivity index (χ0v) is 24.6. The summed E-state index contributed by atoms with van der Waals surface area (Å²) in [7, 11) is 0. The van der Waals surface area contributed by atoms with Crippen LogP contribution < -0.4 is 16.0 Å². The molecule has 0 spiro atoms. The molecule has 3 aliphatic rings. The molecule has 0 bridgehead atoms. The second kappa shape index (κ2) is 12.7. The van der Waals surface area contributed by atoms with Gasteiger partial charge in [0, 0.05) is 13.1 Å². The number of hydrogen-bond donors (Lipinski definition) is 3. The summed E-state index contributed by atoms with van der Waals surface area (Å²) in [5, 5.41) is 8.25. The molecule has 3 N–H and O–H groups in total. The number of nitrogens with one attached hydrogen (secondary N) is 3. The number of Topliss-reactive ketones (excluding diaryl/α,β-unsaturated/α-hetero) is 1. The first-order valence-corrected chi connectivity index (χ1v) is 14.7. The molecule has 5 atom stereocenters. The Balaban J connectivity index is 1.86. The van der Waals surface area contributed by atoms with Crippen LogP contribution in [0.2, 0.25) is 0 Å². The van der Waals surface area contributed by atoms with E-state index in [0.29, 0.717) is 38.8 Å². The Hall–Kier alpha value is -2.65. The SMILES string of the molecule is CCCNC(=O)C(=O)[C@@H]1CCCCCCCC[C@H](NC(=O)OC(C)(C)C)C(=O)N2C[C@H]3[C@@H]([C@H]2C(=O)N1)C3(C)C. The third-order valence-electron chi connectivity index (χ3n) is 8.38. The summed E-state index contributed by atoms with van der Waals surface area (Å²) in [5.41, 5.74) is -0.826. The number of alkyl carbamates (subject to hydrolysis) is 1. The largest absolute Gasteiger partial charge is 0.444 e. The van der Waals surface area contributed by atoms with Crippen molar-refractivity contribution >= 4 is 29.6 Å². The lowest BCUT2D eigenvalue weighted by atomic mass is 9.98. The van der Waals surface area contributed by atoms with Gasteiger partial charge in [-0.1, -0.05) is 59.3 Å². The van der Waals surface area contributed by atoms with Crippen LogP contribution >= 0.6 is 0 Å². The Morgan fingerprint density at radius 1 is 1.03 bits per heavy atom. The van der Waals surface area contributed by atoms with Crippen LogP contribution in [-0.4, -0.2) is 71.3 Å². The topological polar surface area (TPSA) is 134 Å². The minimum absolute atomic E-state index is 0.0519. The number of carbonyl (C=O) groups excluding carboxylic acids is 5. The van der Waals surface area contributed by atoms with Crippen molar-refractivity contribution in [3.05, 3.63) is 0 Å². The molecule has 10 nitrogen and oxygen atoms in total. The zero-order chi connectivity index (χ0) is 29.0. The van der Waals surface area contributed by atoms with Crippen molar-refractivity contribution in [3.8, 4) is 0 Å². The standard InChI is InChI=1S/C29H48N4O6/c1-7-16-30-25(36)23(34)19-14-12-10-8-9-11-13-15-20(32-27(38)39-28(2,3)4)26(37)33-17-18-21(29(18,5)6)22(33)24(35)31-19/h18-22H,7-17H2,1-6H3,(H,30,36)(H,31,35)(H,32,38)/t18-,19-,20-,21-,22-/m0/s1. The highest BCUT2D eigenvalue weighted by Crippen LogP contribution is 2.65. The molecule has 2 saturated heterocycles. The fourth-order valence-corrected chi connectivity index (χ4v) is 6.13. The fraction of sp³-hybridized carbons (Fsp3) is 0.828. The molecule has 0 aromatic carbocycles. The van der Waals surface area contributed by atoms with E-state index in [9.17, 15) is 24.0 Å². The molecule has 0 aromatic rings. The van der Waals surface area contributed by atoms with Crippen LogP contribution in [0.4, 0.5) is 4.79 Å². The first kappa shape index (κ1) is 30.9. The molecule has 0 aromatic heterocycles. The molecule has 1 saturated carbocycles. The molecule has 3 fully saturated rings. The van der Waals surface area contributed by atoms with E-state index in [-0.39, 0.29) is 23.2 Å². The van der Waals surface area contributed by atoms with Crippen LogP contribution in [0.1, 0.15) is 99.3 Å². The van der Waals surface area contributed by atoms with E-state index in [4.69, 9.17) is 4.74 Å². The quantitative estimate of drug-likeness (QED) is 0.452. The number of ether oxygens (including phenoxy) is 1. The maximum Gasteiger partial charge on any atom is 0.408 e. The molecule has 3 rings (SSSR count). The van der Waals surface area contributed by atoms with Gasteiger partial charge < -0.3 is 25.6 Å². The van der Waals surface area contributed by atoms with Crippen LogP contribution in [0.3, 0.4) is 0 Å². The van der Waals surface area contributed by atoms with Crippen molar-refractivity contribution in [2.75, 3.05) is 13.1 Å². The summed E-state index contributed by atoms with van der Waals surface area (Å²) in [5.74, 6) is -1.95. The van der Waals surface area contributed by atoms with Gasteiger partial charge in [-0.2, -0.15) is 0 Å². The second-order valence-corrected chi connectivity index (χ2v) is 13.0. The van der Waals surface area contributed by atoms with E-state index in [1.807, 2.05) is 6.92 Å². The van der Waals surface area contributed by atoms with Crippen molar-refractivity contribution in [1.29, 1.82) is 0 Å². The molecule has 0 unspecified atom stereocenters. The zero-order valence-electron chi connectivity index (χ0n) is 24.6. The summed E-state index contributed by atoms with van der Waals surface area (Å²) in [6.45, 7) is 12.2. The Bertz CT molecular complexity index is 943. The number of carbonyl (C=O) groups is 5. The van der Waals surface area contributed by atoms with Crippen LogP contribution in [0, 0.1) is 17.3 Å². The number of piperidine rings is 1. The van der Waals surface area contributed by atoms with Crippen LogP contribution in [-0.2, 0) is 23.9 Å². The van der Waals surface area contributed by atoms with E-state index in [1.54, 1.807) is 25.7 Å². The molecule has 1 aliphatic carbocycles. The van der Waals surface area contributed by atoms with Gasteiger partial charge in [0.1, 0.15) is 17.7 Å². The molecule has 220 valence electrons. The highest BCUT2D eigenvalue weighted by molar-refractivity contribution is 6.38. The molecule has 10 heteroatoms. The maximum absolute atomic E-state index is 13.9. The van der Waals surface area contributed by atoms with Gasteiger partial charge in [0.15, 0.2) is 0 Å². The van der Waals surface area contributed by atoms with Gasteiger partial charge in [0.05, 0.1) is 6.04 Å². The number of amides is 4. The van der Waals surface area contributed by atoms with E-state index < -0.39 is 47.4 Å². The van der Waals surface area contributed by atoms with Crippen molar-refractivity contribution in [2.24, 2.45) is 17.3 Å². The van der Waals surface area contributed by atoms with Gasteiger partial charge in [-0.05, 0) is 57.3 Å². The number of nitrogens with zero attached hydrogens (tertiary/aromatic N) is 1. The van der Waals surface area contributed by atoms with Gasteiger partial charge in [0.25, 0.3) is 5.91 Å². The van der Waals surface area contributed by atoms with E-state index in [1.165, 1.54) is 0 Å². The van der Waals surface area contributed by atoms with Gasteiger partial charge in [0.2, 0.25) is 17.6 Å². The Labute approximate surface area is 232 Å². The first-order valence-electron chi connectivity index (χ1n) is 14.7. The lowest BCUT2D eigenvalue weighted by Gasteiger charge is -2.34. The second-order valence-electron chi connectivity index (χ2n) is 13.0. The lowest BCUT2D eigenvalue weighted by Crippen LogP contribution is -2.58. The summed E-state index contributed by atoms with van der Waals surface area (Å²) in [6.07, 6.45) is 6.04. The molecule has 0 radical (unpaired) electrons. The Kier molecular flexibility index (Phi) is 10.0. The van der Waals surface area contributed by atoms with Crippen molar-refractivity contribution in [3.63, 3.8) is 0 Å². The Morgan fingerprint density at radius 2 is 1.64 bits per heavy atom. The van der Waals surface area contributed by atoms with E-state index in [0.717, 1.165) is 32.1 Å². The summed E-state index contributed by atoms with van der Waals surface area (Å²) in [6, 6.07) is -2.51. The van der Waals surface area contributed by atoms with Crippen LogP contribution in [0.5, 0.6) is 0 Å². The smallest absolute Gasteiger partial charge is 0.408 e. The van der Waals surface area contributed by atoms with Crippen molar-refractivity contribution in [2.45, 2.75) is 123 Å². The maximum atomic E-state index is 13.9. The number of hydrogen-bond acceptors (Lipinski definition) is 6. The molecular formula is C29H48N4O6. The third-order valence-corrected chi connectivity index (χ3v) is 8.38. The Morgan fingerprint density at radius 3 is 2.26 bits per heavy atom. The fourth-order valence-electron chi connectivity index (χ4n) is 6.13. The van der Waals surface area contributed by atoms with Crippen LogP contribution in [0.25, 0.3) is 0 Å². The molecule has 4 amide bonds. The van der Waals surface area contributed by atoms with Gasteiger partial charge >= 0.3 is 6.09 Å². The molecule has 39 heavy (non-hydrogen) atoms. The molecule has 2 aliphatic heterocycles. The molecular weight excluding hydrogens is 500 g/mol. The van der Waals surface area contributed by atoms with E-state index in [2.05, 4.69) is 29.8 Å². The van der Waals surface area contributed by atoms with E-state index >= 15 is 0 Å². The van der Waals surface area contributed by atoms with Gasteiger partial charge in [-0.15, -0.1) is 0 Å². The summed E-state index contributed by atoms with van der Waals surface area (Å²) in [4.78, 5) is 67.4. The van der Waals surface area contributed by atoms with Crippen molar-refractivity contribution < 1.29 is 28.7 Å². The highest BCUT2D eigenvalue weighted by Gasteiger charge is 2.69. The number of ketones is 1. The summed E-state index contributed by atoms with van der Waals surface area (Å²) < 4.78 is 5.43.